The number of nitrogens with one attached hydrogen (secondary N) is 1. The van der Waals surface area contributed by atoms with Gasteiger partial charge in [-0.25, -0.2) is 8.42 Å². The van der Waals surface area contributed by atoms with E-state index in [9.17, 15) is 18.0 Å². The summed E-state index contributed by atoms with van der Waals surface area (Å²) in [6, 6.07) is 18.8. The molecule has 3 aromatic rings. The first kappa shape index (κ1) is 30.0. The van der Waals surface area contributed by atoms with E-state index in [1.807, 2.05) is 19.9 Å². The number of carbonyl (C=O) groups excluding carboxylic acids is 2. The van der Waals surface area contributed by atoms with Crippen LogP contribution < -0.4 is 14.4 Å². The SMILES string of the molecule is COc1cccc(CN(C(=O)CN(c2ccc(C)c(Cl)c2)S(=O)(=O)c2ccccc2)[C@@H](C)C(=O)NC(C)C)c1. The summed E-state index contributed by atoms with van der Waals surface area (Å²) in [6.07, 6.45) is 0. The van der Waals surface area contributed by atoms with Crippen LogP contribution in [0.5, 0.6) is 5.75 Å². The lowest BCUT2D eigenvalue weighted by molar-refractivity contribution is -0.139. The van der Waals surface area contributed by atoms with Crippen molar-refractivity contribution >= 4 is 39.1 Å². The van der Waals surface area contributed by atoms with E-state index < -0.39 is 28.5 Å². The molecule has 0 unspecified atom stereocenters. The van der Waals surface area contributed by atoms with Crippen molar-refractivity contribution in [2.75, 3.05) is 18.0 Å². The van der Waals surface area contributed by atoms with Crippen molar-refractivity contribution in [3.05, 3.63) is 88.9 Å². The fourth-order valence-electron chi connectivity index (χ4n) is 3.94. The number of benzene rings is 3. The smallest absolute Gasteiger partial charge is 0.264 e. The number of halogens is 1. The van der Waals surface area contributed by atoms with E-state index in [1.54, 1.807) is 69.5 Å². The molecule has 1 atom stereocenters. The minimum Gasteiger partial charge on any atom is -0.497 e. The van der Waals surface area contributed by atoms with Crippen molar-refractivity contribution in [3.8, 4) is 5.75 Å². The van der Waals surface area contributed by atoms with E-state index in [1.165, 1.54) is 23.1 Å². The molecular formula is C29H34ClN3O5S. The molecule has 208 valence electrons. The largest absolute Gasteiger partial charge is 0.497 e. The molecule has 3 aromatic carbocycles. The number of nitrogens with zero attached hydrogens (tertiary/aromatic N) is 2. The van der Waals surface area contributed by atoms with Gasteiger partial charge in [0, 0.05) is 17.6 Å². The van der Waals surface area contributed by atoms with Gasteiger partial charge in [-0.2, -0.15) is 0 Å². The number of ether oxygens (including phenoxy) is 1. The Kier molecular flexibility index (Phi) is 9.99. The van der Waals surface area contributed by atoms with Crippen LogP contribution in [0.4, 0.5) is 5.69 Å². The second-order valence-corrected chi connectivity index (χ2v) is 11.7. The molecule has 3 rings (SSSR count). The highest BCUT2D eigenvalue weighted by atomic mass is 35.5. The van der Waals surface area contributed by atoms with E-state index in [0.717, 1.165) is 15.4 Å². The first-order valence-electron chi connectivity index (χ1n) is 12.5. The summed E-state index contributed by atoms with van der Waals surface area (Å²) in [4.78, 5) is 28.3. The maximum absolute atomic E-state index is 13.9. The summed E-state index contributed by atoms with van der Waals surface area (Å²) in [7, 11) is -2.61. The van der Waals surface area contributed by atoms with Crippen LogP contribution in [0.25, 0.3) is 0 Å². The number of sulfonamides is 1. The lowest BCUT2D eigenvalue weighted by atomic mass is 10.1. The molecule has 0 fully saturated rings. The van der Waals surface area contributed by atoms with Gasteiger partial charge in [-0.05, 0) is 75.2 Å². The highest BCUT2D eigenvalue weighted by Gasteiger charge is 2.32. The maximum atomic E-state index is 13.9. The number of carbonyl (C=O) groups is 2. The van der Waals surface area contributed by atoms with Gasteiger partial charge in [0.1, 0.15) is 18.3 Å². The van der Waals surface area contributed by atoms with Gasteiger partial charge in [-0.1, -0.05) is 48.0 Å². The molecule has 2 amide bonds. The van der Waals surface area contributed by atoms with Crippen LogP contribution in [0.3, 0.4) is 0 Å². The van der Waals surface area contributed by atoms with Crippen LogP contribution in [0.15, 0.2) is 77.7 Å². The number of amides is 2. The van der Waals surface area contributed by atoms with Crippen LogP contribution in [0, 0.1) is 6.92 Å². The van der Waals surface area contributed by atoms with Crippen molar-refractivity contribution in [2.24, 2.45) is 0 Å². The molecule has 0 saturated heterocycles. The van der Waals surface area contributed by atoms with Crippen molar-refractivity contribution < 1.29 is 22.7 Å². The van der Waals surface area contributed by atoms with Crippen LogP contribution in [0.1, 0.15) is 31.9 Å². The number of rotatable bonds is 11. The van der Waals surface area contributed by atoms with Crippen LogP contribution >= 0.6 is 11.6 Å². The zero-order valence-corrected chi connectivity index (χ0v) is 24.3. The normalized spacial score (nSPS) is 12.1. The van der Waals surface area contributed by atoms with E-state index in [4.69, 9.17) is 16.3 Å². The van der Waals surface area contributed by atoms with E-state index in [0.29, 0.717) is 10.8 Å². The third kappa shape index (κ3) is 7.52. The fourth-order valence-corrected chi connectivity index (χ4v) is 5.54. The average Bonchev–Trinajstić information content (AvgIpc) is 2.91. The lowest BCUT2D eigenvalue weighted by Crippen LogP contribution is -2.52. The maximum Gasteiger partial charge on any atom is 0.264 e. The molecule has 1 N–H and O–H groups in total. The molecule has 39 heavy (non-hydrogen) atoms. The van der Waals surface area contributed by atoms with Gasteiger partial charge in [-0.3, -0.25) is 13.9 Å². The molecule has 0 saturated carbocycles. The van der Waals surface area contributed by atoms with Gasteiger partial charge in [0.25, 0.3) is 10.0 Å². The van der Waals surface area contributed by atoms with Crippen molar-refractivity contribution in [1.82, 2.24) is 10.2 Å². The topological polar surface area (TPSA) is 96.0 Å². The lowest BCUT2D eigenvalue weighted by Gasteiger charge is -2.32. The highest BCUT2D eigenvalue weighted by Crippen LogP contribution is 2.28. The predicted octanol–water partition coefficient (Wildman–Crippen LogP) is 4.79. The molecule has 10 heteroatoms. The second kappa shape index (κ2) is 13.0. The first-order valence-corrected chi connectivity index (χ1v) is 14.3. The number of hydrogen-bond donors (Lipinski definition) is 1. The van der Waals surface area contributed by atoms with Gasteiger partial charge >= 0.3 is 0 Å². The summed E-state index contributed by atoms with van der Waals surface area (Å²) in [6.45, 7) is 6.60. The minimum atomic E-state index is -4.15. The van der Waals surface area contributed by atoms with Gasteiger partial charge in [0.15, 0.2) is 0 Å². The molecule has 0 spiro atoms. The predicted molar refractivity (Wildman–Crippen MR) is 153 cm³/mol. The van der Waals surface area contributed by atoms with Gasteiger partial charge < -0.3 is 15.0 Å². The summed E-state index contributed by atoms with van der Waals surface area (Å²) >= 11 is 6.35. The molecule has 0 bridgehead atoms. The third-order valence-corrected chi connectivity index (χ3v) is 8.33. The Morgan fingerprint density at radius 1 is 0.974 bits per heavy atom. The van der Waals surface area contributed by atoms with Crippen molar-refractivity contribution in [2.45, 2.75) is 51.2 Å². The Morgan fingerprint density at radius 2 is 1.67 bits per heavy atom. The van der Waals surface area contributed by atoms with E-state index in [2.05, 4.69) is 5.32 Å². The molecular weight excluding hydrogens is 538 g/mol. The first-order chi connectivity index (χ1) is 18.4. The summed E-state index contributed by atoms with van der Waals surface area (Å²) in [5.41, 5.74) is 1.73. The van der Waals surface area contributed by atoms with Crippen LogP contribution in [-0.2, 0) is 26.2 Å². The zero-order valence-electron chi connectivity index (χ0n) is 22.7. The summed E-state index contributed by atoms with van der Waals surface area (Å²) < 4.78 is 33.9. The number of hydrogen-bond acceptors (Lipinski definition) is 5. The Hall–Kier alpha value is -3.56. The van der Waals surface area contributed by atoms with Crippen molar-refractivity contribution in [1.29, 1.82) is 0 Å². The Balaban J connectivity index is 2.05. The quantitative estimate of drug-likeness (QED) is 0.357. The molecule has 8 nitrogen and oxygen atoms in total. The highest BCUT2D eigenvalue weighted by molar-refractivity contribution is 7.92. The summed E-state index contributed by atoms with van der Waals surface area (Å²) in [5.74, 6) is -0.306. The molecule has 0 aliphatic heterocycles. The second-order valence-electron chi connectivity index (χ2n) is 9.47. The minimum absolute atomic E-state index is 0.0273. The van der Waals surface area contributed by atoms with Crippen molar-refractivity contribution in [3.63, 3.8) is 0 Å². The van der Waals surface area contributed by atoms with Crippen LogP contribution in [0.2, 0.25) is 5.02 Å². The number of aryl methyl sites for hydroxylation is 1. The average molecular weight is 572 g/mol. The van der Waals surface area contributed by atoms with Gasteiger partial charge in [0.05, 0.1) is 17.7 Å². The van der Waals surface area contributed by atoms with E-state index in [-0.39, 0.29) is 29.1 Å². The van der Waals surface area contributed by atoms with E-state index >= 15 is 0 Å². The number of methoxy groups -OCH3 is 1. The molecule has 0 radical (unpaired) electrons. The molecule has 0 aliphatic rings. The Labute approximate surface area is 235 Å². The summed E-state index contributed by atoms with van der Waals surface area (Å²) in [5, 5.41) is 3.20. The zero-order chi connectivity index (χ0) is 28.7. The molecule has 0 aliphatic carbocycles. The molecule has 0 heterocycles. The third-order valence-electron chi connectivity index (χ3n) is 6.14. The van der Waals surface area contributed by atoms with Gasteiger partial charge in [-0.15, -0.1) is 0 Å². The standard InChI is InChI=1S/C29H34ClN3O5S/c1-20(2)31-29(35)22(4)32(18-23-10-9-11-25(16-23)38-5)28(34)19-33(24-15-14-21(3)27(30)17-24)39(36,37)26-12-7-6-8-13-26/h6-17,20,22H,18-19H2,1-5H3,(H,31,35)/t22-/m0/s1. The Morgan fingerprint density at radius 3 is 2.28 bits per heavy atom. The van der Waals surface area contributed by atoms with Gasteiger partial charge in [0.2, 0.25) is 11.8 Å². The Bertz CT molecular complexity index is 1410. The van der Waals surface area contributed by atoms with Crippen LogP contribution in [-0.4, -0.2) is 50.9 Å². The number of anilines is 1. The fraction of sp³-hybridized carbons (Fsp3) is 0.310. The molecule has 0 aromatic heterocycles. The monoisotopic (exact) mass is 571 g/mol.